The van der Waals surface area contributed by atoms with Gasteiger partial charge in [0.2, 0.25) is 0 Å². The van der Waals surface area contributed by atoms with Crippen molar-refractivity contribution in [3.63, 3.8) is 0 Å². The third-order valence-corrected chi connectivity index (χ3v) is 11.5. The molecule has 0 spiro atoms. The summed E-state index contributed by atoms with van der Waals surface area (Å²) in [5, 5.41) is 9.66. The van der Waals surface area contributed by atoms with E-state index in [1.54, 1.807) is 0 Å². The Morgan fingerprint density at radius 1 is 0.448 bits per heavy atom. The Bertz CT molecular complexity index is 1410. The van der Waals surface area contributed by atoms with E-state index in [4.69, 9.17) is 14.2 Å². The van der Waals surface area contributed by atoms with Crippen LogP contribution in [-0.4, -0.2) is 80.6 Å². The molecule has 8 nitrogen and oxygen atoms in total. The number of aliphatic carboxylic acids is 1. The maximum atomic E-state index is 12.8. The smallest absolute Gasteiger partial charge is 0.362 e. The number of hydrogen-bond acceptors (Lipinski definition) is 6. The molecule has 0 fully saturated rings. The first kappa shape index (κ1) is 63.2. The summed E-state index contributed by atoms with van der Waals surface area (Å²) in [4.78, 5) is 37.2. The van der Waals surface area contributed by atoms with E-state index in [-0.39, 0.29) is 42.7 Å². The highest BCUT2D eigenvalue weighted by molar-refractivity contribution is 5.72. The lowest BCUT2D eigenvalue weighted by atomic mass is 10.1. The highest BCUT2D eigenvalue weighted by Gasteiger charge is 2.31. The standard InChI is InChI=1S/C59H99NO7/c1-6-8-10-12-14-16-18-20-22-24-26-28-30-31-33-35-37-39-41-43-45-47-49-57(61)66-54-55(53-65-52-51-56(59(63)64)60(3,4)5)67-58(62)50-48-46-44-42-40-38-36-34-32-29-27-25-23-21-19-17-15-13-11-9-7-2/h14-17,20-23,26-29,34,36,40,42,55-56H,6-13,18-19,24-25,30-33,35,37-39,41,43-54H2,1-5H3/p+1/b16-14+,17-15+,22-20+,23-21+,28-26+,29-27+,36-34+,42-40+. The Balaban J connectivity index is 4.34. The predicted octanol–water partition coefficient (Wildman–Crippen LogP) is 15.8. The van der Waals surface area contributed by atoms with Gasteiger partial charge in [-0.25, -0.2) is 4.79 Å². The number of carboxylic acids is 1. The first-order valence-corrected chi connectivity index (χ1v) is 26.8. The zero-order valence-corrected chi connectivity index (χ0v) is 43.6. The van der Waals surface area contributed by atoms with Crippen molar-refractivity contribution < 1.29 is 38.2 Å². The molecule has 0 aromatic heterocycles. The van der Waals surface area contributed by atoms with Gasteiger partial charge in [-0.05, 0) is 103 Å². The Hall–Kier alpha value is -3.75. The van der Waals surface area contributed by atoms with Crippen molar-refractivity contribution in [3.05, 3.63) is 97.2 Å². The average molecular weight is 935 g/mol. The minimum Gasteiger partial charge on any atom is -0.477 e. The molecular weight excluding hydrogens is 835 g/mol. The molecule has 67 heavy (non-hydrogen) atoms. The zero-order chi connectivity index (χ0) is 49.2. The molecule has 0 amide bonds. The summed E-state index contributed by atoms with van der Waals surface area (Å²) in [6.45, 7) is 4.63. The van der Waals surface area contributed by atoms with Crippen LogP contribution in [0.25, 0.3) is 0 Å². The van der Waals surface area contributed by atoms with Gasteiger partial charge < -0.3 is 23.8 Å². The number of carboxylic acid groups (broad SMARTS) is 1. The SMILES string of the molecule is CCCCC/C=C/C/C=C/C/C=C/C/C=C/C/C=C/CCCCC(=O)OC(COCCC(C(=O)O)[N+](C)(C)C)COC(=O)CCCCCCCCCCC/C=C/C/C=C/C/C=C/CCCCC. The van der Waals surface area contributed by atoms with Gasteiger partial charge in [-0.1, -0.05) is 182 Å². The summed E-state index contributed by atoms with van der Waals surface area (Å²) < 4.78 is 17.3. The number of ether oxygens (including phenoxy) is 3. The highest BCUT2D eigenvalue weighted by Crippen LogP contribution is 2.14. The van der Waals surface area contributed by atoms with Crippen molar-refractivity contribution in [3.8, 4) is 0 Å². The molecule has 8 heteroatoms. The first-order chi connectivity index (χ1) is 32.6. The average Bonchev–Trinajstić information content (AvgIpc) is 3.29. The fraction of sp³-hybridized carbons (Fsp3) is 0.678. The van der Waals surface area contributed by atoms with E-state index in [0.29, 0.717) is 19.3 Å². The normalized spacial score (nSPS) is 13.6. The van der Waals surface area contributed by atoms with Gasteiger partial charge in [0, 0.05) is 19.3 Å². The van der Waals surface area contributed by atoms with Gasteiger partial charge in [-0.15, -0.1) is 0 Å². The van der Waals surface area contributed by atoms with Crippen LogP contribution in [0.15, 0.2) is 97.2 Å². The maximum Gasteiger partial charge on any atom is 0.362 e. The van der Waals surface area contributed by atoms with E-state index in [1.807, 2.05) is 21.1 Å². The van der Waals surface area contributed by atoms with E-state index in [0.717, 1.165) is 77.0 Å². The lowest BCUT2D eigenvalue weighted by Crippen LogP contribution is -2.50. The molecule has 0 aromatic rings. The van der Waals surface area contributed by atoms with Crippen LogP contribution in [-0.2, 0) is 28.6 Å². The number of quaternary nitrogens is 1. The molecule has 382 valence electrons. The van der Waals surface area contributed by atoms with Gasteiger partial charge in [0.25, 0.3) is 0 Å². The van der Waals surface area contributed by atoms with Gasteiger partial charge in [-0.2, -0.15) is 0 Å². The molecule has 0 aromatic carbocycles. The second-order valence-corrected chi connectivity index (χ2v) is 18.8. The number of hydrogen-bond donors (Lipinski definition) is 1. The molecule has 0 aliphatic heterocycles. The van der Waals surface area contributed by atoms with Crippen molar-refractivity contribution in [1.29, 1.82) is 0 Å². The Kier molecular flexibility index (Phi) is 46.0. The third-order valence-electron chi connectivity index (χ3n) is 11.5. The van der Waals surface area contributed by atoms with Crippen molar-refractivity contribution in [1.82, 2.24) is 0 Å². The van der Waals surface area contributed by atoms with Crippen molar-refractivity contribution in [2.75, 3.05) is 41.0 Å². The number of unbranched alkanes of at least 4 members (excludes halogenated alkanes) is 17. The molecular formula is C59H100NO7+. The van der Waals surface area contributed by atoms with Crippen LogP contribution in [0.3, 0.4) is 0 Å². The second kappa shape index (κ2) is 48.7. The van der Waals surface area contributed by atoms with Crippen LogP contribution in [0.5, 0.6) is 0 Å². The second-order valence-electron chi connectivity index (χ2n) is 18.8. The summed E-state index contributed by atoms with van der Waals surface area (Å²) in [6.07, 6.45) is 66.0. The van der Waals surface area contributed by atoms with E-state index >= 15 is 0 Å². The summed E-state index contributed by atoms with van der Waals surface area (Å²) in [5.74, 6) is -1.54. The first-order valence-electron chi connectivity index (χ1n) is 26.8. The molecule has 0 heterocycles. The molecule has 0 radical (unpaired) electrons. The monoisotopic (exact) mass is 935 g/mol. The van der Waals surface area contributed by atoms with Crippen molar-refractivity contribution in [2.45, 2.75) is 219 Å². The maximum absolute atomic E-state index is 12.8. The van der Waals surface area contributed by atoms with Gasteiger partial charge in [0.1, 0.15) is 6.61 Å². The fourth-order valence-electron chi connectivity index (χ4n) is 7.29. The van der Waals surface area contributed by atoms with Gasteiger partial charge >= 0.3 is 17.9 Å². The minimum atomic E-state index is -0.886. The van der Waals surface area contributed by atoms with E-state index in [9.17, 15) is 19.5 Å². The molecule has 2 atom stereocenters. The number of carbonyl (C=O) groups excluding carboxylic acids is 2. The quantitative estimate of drug-likeness (QED) is 0.0281. The minimum absolute atomic E-state index is 0.0363. The molecule has 1 N–H and O–H groups in total. The number of carbonyl (C=O) groups is 3. The van der Waals surface area contributed by atoms with Gasteiger partial charge in [0.05, 0.1) is 34.4 Å². The van der Waals surface area contributed by atoms with Crippen LogP contribution in [0.2, 0.25) is 0 Å². The number of rotatable bonds is 47. The molecule has 0 aliphatic rings. The lowest BCUT2D eigenvalue weighted by Gasteiger charge is -2.31. The van der Waals surface area contributed by atoms with Crippen LogP contribution in [0.4, 0.5) is 0 Å². The Morgan fingerprint density at radius 2 is 0.791 bits per heavy atom. The van der Waals surface area contributed by atoms with Crippen molar-refractivity contribution >= 4 is 17.9 Å². The topological polar surface area (TPSA) is 99.1 Å². The largest absolute Gasteiger partial charge is 0.477 e. The molecule has 0 bridgehead atoms. The Morgan fingerprint density at radius 3 is 1.19 bits per heavy atom. The zero-order valence-electron chi connectivity index (χ0n) is 43.6. The number of nitrogens with zero attached hydrogens (tertiary/aromatic N) is 1. The van der Waals surface area contributed by atoms with Gasteiger partial charge in [-0.3, -0.25) is 9.59 Å². The summed E-state index contributed by atoms with van der Waals surface area (Å²) >= 11 is 0. The highest BCUT2D eigenvalue weighted by atomic mass is 16.6. The van der Waals surface area contributed by atoms with Crippen LogP contribution >= 0.6 is 0 Å². The van der Waals surface area contributed by atoms with Crippen molar-refractivity contribution in [2.24, 2.45) is 0 Å². The summed E-state index contributed by atoms with van der Waals surface area (Å²) in [6, 6.07) is -0.630. The predicted molar refractivity (Wildman–Crippen MR) is 284 cm³/mol. The fourth-order valence-corrected chi connectivity index (χ4v) is 7.29. The van der Waals surface area contributed by atoms with Crippen LogP contribution in [0.1, 0.15) is 206 Å². The lowest BCUT2D eigenvalue weighted by molar-refractivity contribution is -0.887. The molecule has 2 unspecified atom stereocenters. The summed E-state index contributed by atoms with van der Waals surface area (Å²) in [5.41, 5.74) is 0. The molecule has 0 saturated heterocycles. The third kappa shape index (κ3) is 47.1. The van der Waals surface area contributed by atoms with Gasteiger partial charge in [0.15, 0.2) is 12.1 Å². The van der Waals surface area contributed by atoms with E-state index in [1.165, 1.54) is 89.9 Å². The van der Waals surface area contributed by atoms with Crippen LogP contribution < -0.4 is 0 Å². The van der Waals surface area contributed by atoms with E-state index < -0.39 is 18.1 Å². The molecule has 0 saturated carbocycles. The number of likely N-dealkylation sites (N-methyl/N-ethyl adjacent to an activating group) is 1. The van der Waals surface area contributed by atoms with Crippen LogP contribution in [0, 0.1) is 0 Å². The van der Waals surface area contributed by atoms with E-state index in [2.05, 4.69) is 111 Å². The molecule has 0 aliphatic carbocycles. The Labute approximate surface area is 411 Å². The number of allylic oxidation sites excluding steroid dienone is 16. The summed E-state index contributed by atoms with van der Waals surface area (Å²) in [7, 11) is 5.51. The number of esters is 2. The molecule has 0 rings (SSSR count).